The number of nitrogens with zero attached hydrogens (tertiary/aromatic N) is 3. The molecule has 0 aliphatic carbocycles. The van der Waals surface area contributed by atoms with Gasteiger partial charge in [-0.15, -0.1) is 0 Å². The summed E-state index contributed by atoms with van der Waals surface area (Å²) >= 11 is 0. The lowest BCUT2D eigenvalue weighted by molar-refractivity contribution is -0.137. The van der Waals surface area contributed by atoms with Gasteiger partial charge in [-0.3, -0.25) is 4.79 Å². The lowest BCUT2D eigenvalue weighted by atomic mass is 10.1. The summed E-state index contributed by atoms with van der Waals surface area (Å²) in [7, 11) is 0. The van der Waals surface area contributed by atoms with Crippen molar-refractivity contribution in [1.29, 1.82) is 0 Å². The SMILES string of the molecule is Cc1ccc(-c2ccnc3c(C(=O)NCc4cccc(C(F)(F)F)c4)cnn23)o1. The Morgan fingerprint density at radius 1 is 1.21 bits per heavy atom. The Morgan fingerprint density at radius 3 is 2.76 bits per heavy atom. The summed E-state index contributed by atoms with van der Waals surface area (Å²) in [4.78, 5) is 16.8. The van der Waals surface area contributed by atoms with Gasteiger partial charge in [-0.25, -0.2) is 9.50 Å². The van der Waals surface area contributed by atoms with Crippen molar-refractivity contribution in [2.45, 2.75) is 19.6 Å². The molecule has 148 valence electrons. The lowest BCUT2D eigenvalue weighted by Crippen LogP contribution is -2.23. The van der Waals surface area contributed by atoms with Crippen molar-refractivity contribution in [3.63, 3.8) is 0 Å². The number of hydrogen-bond donors (Lipinski definition) is 1. The molecule has 0 saturated carbocycles. The maximum absolute atomic E-state index is 12.8. The molecule has 3 aromatic heterocycles. The molecule has 9 heteroatoms. The van der Waals surface area contributed by atoms with Crippen LogP contribution in [0, 0.1) is 6.92 Å². The van der Waals surface area contributed by atoms with E-state index in [1.165, 1.54) is 29.0 Å². The number of rotatable bonds is 4. The third-order valence-corrected chi connectivity index (χ3v) is 4.35. The molecule has 0 fully saturated rings. The van der Waals surface area contributed by atoms with Crippen molar-refractivity contribution in [2.24, 2.45) is 0 Å². The fourth-order valence-electron chi connectivity index (χ4n) is 2.95. The van der Waals surface area contributed by atoms with E-state index in [-0.39, 0.29) is 12.1 Å². The predicted molar refractivity (Wildman–Crippen MR) is 98.0 cm³/mol. The van der Waals surface area contributed by atoms with Crippen LogP contribution in [0.25, 0.3) is 17.1 Å². The van der Waals surface area contributed by atoms with Gasteiger partial charge in [0.2, 0.25) is 0 Å². The molecule has 0 aliphatic heterocycles. The topological polar surface area (TPSA) is 72.4 Å². The summed E-state index contributed by atoms with van der Waals surface area (Å²) in [5.74, 6) is 0.822. The Bertz CT molecular complexity index is 1190. The molecule has 3 heterocycles. The molecule has 0 atom stereocenters. The molecular formula is C20H15F3N4O2. The van der Waals surface area contributed by atoms with Crippen LogP contribution in [0.5, 0.6) is 0 Å². The van der Waals surface area contributed by atoms with Crippen molar-refractivity contribution < 1.29 is 22.4 Å². The molecular weight excluding hydrogens is 385 g/mol. The van der Waals surface area contributed by atoms with E-state index in [1.807, 2.05) is 13.0 Å². The fourth-order valence-corrected chi connectivity index (χ4v) is 2.95. The molecule has 1 amide bonds. The molecule has 0 radical (unpaired) electrons. The number of halogens is 3. The molecule has 1 aromatic carbocycles. The number of aromatic nitrogens is 3. The quantitative estimate of drug-likeness (QED) is 0.556. The summed E-state index contributed by atoms with van der Waals surface area (Å²) in [5.41, 5.74) is 0.727. The Morgan fingerprint density at radius 2 is 2.03 bits per heavy atom. The van der Waals surface area contributed by atoms with E-state index in [9.17, 15) is 18.0 Å². The first-order chi connectivity index (χ1) is 13.8. The van der Waals surface area contributed by atoms with Crippen molar-refractivity contribution in [2.75, 3.05) is 0 Å². The second-order valence-electron chi connectivity index (χ2n) is 6.41. The van der Waals surface area contributed by atoms with Gasteiger partial charge in [-0.05, 0) is 42.8 Å². The molecule has 0 bridgehead atoms. The minimum absolute atomic E-state index is 0.0584. The minimum Gasteiger partial charge on any atom is -0.460 e. The zero-order chi connectivity index (χ0) is 20.6. The van der Waals surface area contributed by atoms with Gasteiger partial charge in [0.15, 0.2) is 11.4 Å². The molecule has 0 aliphatic rings. The van der Waals surface area contributed by atoms with Gasteiger partial charge >= 0.3 is 6.18 Å². The number of hydrogen-bond acceptors (Lipinski definition) is 4. The maximum Gasteiger partial charge on any atom is 0.416 e. The molecule has 0 spiro atoms. The minimum atomic E-state index is -4.44. The number of furan rings is 1. The predicted octanol–water partition coefficient (Wildman–Crippen LogP) is 4.25. The van der Waals surface area contributed by atoms with E-state index >= 15 is 0 Å². The van der Waals surface area contributed by atoms with E-state index in [0.29, 0.717) is 22.7 Å². The highest BCUT2D eigenvalue weighted by Crippen LogP contribution is 2.29. The van der Waals surface area contributed by atoms with Crippen molar-refractivity contribution in [1.82, 2.24) is 19.9 Å². The number of fused-ring (bicyclic) bond motifs is 1. The summed E-state index contributed by atoms with van der Waals surface area (Å²) in [5, 5.41) is 6.82. The van der Waals surface area contributed by atoms with Gasteiger partial charge in [0.05, 0.1) is 11.8 Å². The Hall–Kier alpha value is -3.62. The van der Waals surface area contributed by atoms with Crippen LogP contribution in [0.15, 0.2) is 59.3 Å². The first-order valence-electron chi connectivity index (χ1n) is 8.67. The second kappa shape index (κ2) is 7.08. The van der Waals surface area contributed by atoms with Gasteiger partial charge in [0.1, 0.15) is 17.0 Å². The van der Waals surface area contributed by atoms with Gasteiger partial charge < -0.3 is 9.73 Å². The summed E-state index contributed by atoms with van der Waals surface area (Å²) in [6.07, 6.45) is -1.54. The molecule has 29 heavy (non-hydrogen) atoms. The molecule has 0 unspecified atom stereocenters. The van der Waals surface area contributed by atoms with Crippen molar-refractivity contribution >= 4 is 11.6 Å². The standard InChI is InChI=1S/C20H15F3N4O2/c1-12-5-6-17(29-12)16-7-8-24-18-15(11-26-27(16)18)19(28)25-10-13-3-2-4-14(9-13)20(21,22)23/h2-9,11H,10H2,1H3,(H,25,28). The van der Waals surface area contributed by atoms with Gasteiger partial charge in [0.25, 0.3) is 5.91 Å². The summed E-state index contributed by atoms with van der Waals surface area (Å²) < 4.78 is 45.6. The van der Waals surface area contributed by atoms with Gasteiger partial charge in [-0.1, -0.05) is 12.1 Å². The highest BCUT2D eigenvalue weighted by molar-refractivity contribution is 5.99. The molecule has 6 nitrogen and oxygen atoms in total. The van der Waals surface area contributed by atoms with Gasteiger partial charge in [-0.2, -0.15) is 18.3 Å². The van der Waals surface area contributed by atoms with E-state index in [4.69, 9.17) is 4.42 Å². The normalized spacial score (nSPS) is 11.7. The number of alkyl halides is 3. The molecule has 4 aromatic rings. The van der Waals surface area contributed by atoms with Crippen molar-refractivity contribution in [3.05, 3.63) is 77.3 Å². The summed E-state index contributed by atoms with van der Waals surface area (Å²) in [6.45, 7) is 1.76. The number of benzene rings is 1. The van der Waals surface area contributed by atoms with E-state index in [1.54, 1.807) is 12.1 Å². The lowest BCUT2D eigenvalue weighted by Gasteiger charge is -2.09. The third kappa shape index (κ3) is 3.71. The third-order valence-electron chi connectivity index (χ3n) is 4.35. The van der Waals surface area contributed by atoms with Crippen LogP contribution in [0.2, 0.25) is 0 Å². The molecule has 4 rings (SSSR count). The largest absolute Gasteiger partial charge is 0.460 e. The van der Waals surface area contributed by atoms with Crippen LogP contribution in [-0.4, -0.2) is 20.5 Å². The number of amides is 1. The Balaban J connectivity index is 1.57. The second-order valence-corrected chi connectivity index (χ2v) is 6.41. The van der Waals surface area contributed by atoms with E-state index in [2.05, 4.69) is 15.4 Å². The average Bonchev–Trinajstić information content (AvgIpc) is 3.32. The zero-order valence-corrected chi connectivity index (χ0v) is 15.2. The average molecular weight is 400 g/mol. The summed E-state index contributed by atoms with van der Waals surface area (Å²) in [6, 6.07) is 10.1. The first kappa shape index (κ1) is 18.7. The molecule has 0 saturated heterocycles. The maximum atomic E-state index is 12.8. The number of carbonyl (C=O) groups is 1. The number of carbonyl (C=O) groups excluding carboxylic acids is 1. The van der Waals surface area contributed by atoms with Crippen LogP contribution in [0.4, 0.5) is 13.2 Å². The van der Waals surface area contributed by atoms with Crippen LogP contribution < -0.4 is 5.32 Å². The van der Waals surface area contributed by atoms with Crippen molar-refractivity contribution in [3.8, 4) is 11.5 Å². The van der Waals surface area contributed by atoms with Crippen LogP contribution in [-0.2, 0) is 12.7 Å². The zero-order valence-electron chi connectivity index (χ0n) is 15.2. The molecule has 1 N–H and O–H groups in total. The van der Waals surface area contributed by atoms with Crippen LogP contribution in [0.3, 0.4) is 0 Å². The van der Waals surface area contributed by atoms with Crippen LogP contribution in [0.1, 0.15) is 27.2 Å². The van der Waals surface area contributed by atoms with Gasteiger partial charge in [0, 0.05) is 12.7 Å². The Kier molecular flexibility index (Phi) is 4.57. The van der Waals surface area contributed by atoms with E-state index < -0.39 is 17.6 Å². The highest BCUT2D eigenvalue weighted by atomic mass is 19.4. The van der Waals surface area contributed by atoms with Crippen LogP contribution >= 0.6 is 0 Å². The number of nitrogens with one attached hydrogen (secondary N) is 1. The monoisotopic (exact) mass is 400 g/mol. The smallest absolute Gasteiger partial charge is 0.416 e. The Labute approximate surface area is 163 Å². The van der Waals surface area contributed by atoms with E-state index in [0.717, 1.165) is 17.9 Å². The first-order valence-corrected chi connectivity index (χ1v) is 8.67. The fraction of sp³-hybridized carbons (Fsp3) is 0.150. The number of aryl methyl sites for hydroxylation is 1. The highest BCUT2D eigenvalue weighted by Gasteiger charge is 2.30.